The van der Waals surface area contributed by atoms with Gasteiger partial charge in [-0.1, -0.05) is 24.3 Å². The van der Waals surface area contributed by atoms with Crippen LogP contribution in [0.15, 0.2) is 24.3 Å². The topological polar surface area (TPSA) is 64.3 Å². The van der Waals surface area contributed by atoms with Crippen molar-refractivity contribution in [3.63, 3.8) is 0 Å². The first-order valence-electron chi connectivity index (χ1n) is 6.59. The number of hydrogen-bond donors (Lipinski definition) is 1. The van der Waals surface area contributed by atoms with Crippen molar-refractivity contribution in [1.82, 2.24) is 4.90 Å². The summed E-state index contributed by atoms with van der Waals surface area (Å²) in [5, 5.41) is 17.8. The summed E-state index contributed by atoms with van der Waals surface area (Å²) in [6, 6.07) is 10.2. The van der Waals surface area contributed by atoms with Crippen LogP contribution in [0.25, 0.3) is 0 Å². The van der Waals surface area contributed by atoms with E-state index < -0.39 is 5.97 Å². The lowest BCUT2D eigenvalue weighted by molar-refractivity contribution is -0.143. The number of aliphatic carboxylic acids is 1. The first-order valence-corrected chi connectivity index (χ1v) is 6.59. The molecule has 4 heteroatoms. The van der Waals surface area contributed by atoms with Gasteiger partial charge in [-0.05, 0) is 37.1 Å². The Kier molecular flexibility index (Phi) is 4.53. The number of carboxylic acids is 1. The molecule has 1 saturated heterocycles. The fraction of sp³-hybridized carbons (Fsp3) is 0.467. The molecule has 0 saturated carbocycles. The highest BCUT2D eigenvalue weighted by Gasteiger charge is 2.24. The zero-order valence-corrected chi connectivity index (χ0v) is 10.9. The van der Waals surface area contributed by atoms with Gasteiger partial charge in [-0.2, -0.15) is 5.26 Å². The average molecular weight is 258 g/mol. The molecule has 1 aromatic rings. The van der Waals surface area contributed by atoms with Crippen molar-refractivity contribution in [3.05, 3.63) is 35.4 Å². The molecule has 0 bridgehead atoms. The number of rotatable bonds is 4. The van der Waals surface area contributed by atoms with Crippen LogP contribution in [0.2, 0.25) is 0 Å². The Bertz CT molecular complexity index is 485. The quantitative estimate of drug-likeness (QED) is 0.897. The highest BCUT2D eigenvalue weighted by Crippen LogP contribution is 2.20. The molecular weight excluding hydrogens is 240 g/mol. The van der Waals surface area contributed by atoms with Gasteiger partial charge in [-0.3, -0.25) is 9.69 Å². The monoisotopic (exact) mass is 258 g/mol. The Morgan fingerprint density at radius 1 is 1.32 bits per heavy atom. The second-order valence-electron chi connectivity index (χ2n) is 4.99. The predicted molar refractivity (Wildman–Crippen MR) is 71.4 cm³/mol. The summed E-state index contributed by atoms with van der Waals surface area (Å²) < 4.78 is 0. The molecule has 1 aromatic carbocycles. The molecule has 19 heavy (non-hydrogen) atoms. The van der Waals surface area contributed by atoms with E-state index in [-0.39, 0.29) is 5.92 Å². The molecule has 1 fully saturated rings. The molecule has 0 amide bonds. The Labute approximate surface area is 113 Å². The maximum Gasteiger partial charge on any atom is 0.306 e. The molecular formula is C15H18N2O2. The number of carbonyl (C=O) groups is 1. The largest absolute Gasteiger partial charge is 0.481 e. The standard InChI is InChI=1S/C15H18N2O2/c16-8-5-12-3-1-2-4-14(12)11-17-9-6-13(7-10-17)15(18)19/h1-4,13H,5-7,9-11H2,(H,18,19). The van der Waals surface area contributed by atoms with E-state index >= 15 is 0 Å². The van der Waals surface area contributed by atoms with E-state index in [0.29, 0.717) is 6.42 Å². The Balaban J connectivity index is 1.96. The molecule has 0 atom stereocenters. The third kappa shape index (κ3) is 3.55. The van der Waals surface area contributed by atoms with Crippen molar-refractivity contribution < 1.29 is 9.90 Å². The molecule has 0 spiro atoms. The first-order chi connectivity index (χ1) is 9.20. The van der Waals surface area contributed by atoms with E-state index in [0.717, 1.165) is 38.0 Å². The molecule has 2 rings (SSSR count). The number of nitriles is 1. The van der Waals surface area contributed by atoms with Gasteiger partial charge >= 0.3 is 5.97 Å². The highest BCUT2D eigenvalue weighted by atomic mass is 16.4. The minimum atomic E-state index is -0.676. The maximum atomic E-state index is 10.9. The second-order valence-corrected chi connectivity index (χ2v) is 4.99. The van der Waals surface area contributed by atoms with Crippen LogP contribution in [-0.2, 0) is 17.8 Å². The van der Waals surface area contributed by atoms with Gasteiger partial charge < -0.3 is 5.11 Å². The summed E-state index contributed by atoms with van der Waals surface area (Å²) in [7, 11) is 0. The molecule has 1 aliphatic heterocycles. The predicted octanol–water partition coefficient (Wildman–Crippen LogP) is 2.05. The van der Waals surface area contributed by atoms with E-state index in [2.05, 4.69) is 17.0 Å². The number of piperidine rings is 1. The molecule has 0 aliphatic carbocycles. The number of hydrogen-bond acceptors (Lipinski definition) is 3. The van der Waals surface area contributed by atoms with Crippen LogP contribution < -0.4 is 0 Å². The zero-order chi connectivity index (χ0) is 13.7. The van der Waals surface area contributed by atoms with Gasteiger partial charge in [0.15, 0.2) is 0 Å². The number of likely N-dealkylation sites (tertiary alicyclic amines) is 1. The van der Waals surface area contributed by atoms with Crippen LogP contribution in [0, 0.1) is 17.2 Å². The smallest absolute Gasteiger partial charge is 0.306 e. The SMILES string of the molecule is N#CCc1ccccc1CN1CCC(C(=O)O)CC1. The molecule has 1 heterocycles. The van der Waals surface area contributed by atoms with E-state index in [1.807, 2.05) is 18.2 Å². The van der Waals surface area contributed by atoms with Crippen LogP contribution >= 0.6 is 0 Å². The lowest BCUT2D eigenvalue weighted by atomic mass is 9.96. The summed E-state index contributed by atoms with van der Waals surface area (Å²) in [4.78, 5) is 13.2. The Hall–Kier alpha value is -1.86. The first kappa shape index (κ1) is 13.6. The number of nitrogens with zero attached hydrogens (tertiary/aromatic N) is 2. The van der Waals surface area contributed by atoms with Gasteiger partial charge in [-0.25, -0.2) is 0 Å². The fourth-order valence-corrected chi connectivity index (χ4v) is 2.55. The summed E-state index contributed by atoms with van der Waals surface area (Å²) in [5.74, 6) is -0.866. The fourth-order valence-electron chi connectivity index (χ4n) is 2.55. The lowest BCUT2D eigenvalue weighted by Crippen LogP contribution is -2.36. The molecule has 0 aromatic heterocycles. The van der Waals surface area contributed by atoms with Crippen LogP contribution in [0.4, 0.5) is 0 Å². The Morgan fingerprint density at radius 3 is 2.53 bits per heavy atom. The van der Waals surface area contributed by atoms with Crippen LogP contribution in [-0.4, -0.2) is 29.1 Å². The third-order valence-corrected chi connectivity index (χ3v) is 3.72. The van der Waals surface area contributed by atoms with E-state index in [1.165, 1.54) is 5.56 Å². The number of carboxylic acid groups (broad SMARTS) is 1. The molecule has 100 valence electrons. The van der Waals surface area contributed by atoms with Gasteiger partial charge in [0, 0.05) is 6.54 Å². The van der Waals surface area contributed by atoms with Crippen molar-refractivity contribution in [2.45, 2.75) is 25.8 Å². The minimum absolute atomic E-state index is 0.189. The van der Waals surface area contributed by atoms with Gasteiger partial charge in [0.1, 0.15) is 0 Å². The van der Waals surface area contributed by atoms with Crippen LogP contribution in [0.5, 0.6) is 0 Å². The molecule has 0 radical (unpaired) electrons. The van der Waals surface area contributed by atoms with Crippen molar-refractivity contribution >= 4 is 5.97 Å². The van der Waals surface area contributed by atoms with Crippen molar-refractivity contribution in [2.75, 3.05) is 13.1 Å². The van der Waals surface area contributed by atoms with Crippen molar-refractivity contribution in [2.24, 2.45) is 5.92 Å². The molecule has 0 unspecified atom stereocenters. The third-order valence-electron chi connectivity index (χ3n) is 3.72. The highest BCUT2D eigenvalue weighted by molar-refractivity contribution is 5.70. The summed E-state index contributed by atoms with van der Waals surface area (Å²) in [5.41, 5.74) is 2.25. The van der Waals surface area contributed by atoms with Crippen molar-refractivity contribution in [1.29, 1.82) is 5.26 Å². The normalized spacial score (nSPS) is 17.0. The molecule has 1 aliphatic rings. The van der Waals surface area contributed by atoms with Gasteiger partial charge in [0.05, 0.1) is 18.4 Å². The zero-order valence-electron chi connectivity index (χ0n) is 10.9. The van der Waals surface area contributed by atoms with Gasteiger partial charge in [0.2, 0.25) is 0 Å². The maximum absolute atomic E-state index is 10.9. The lowest BCUT2D eigenvalue weighted by Gasteiger charge is -2.30. The minimum Gasteiger partial charge on any atom is -0.481 e. The van der Waals surface area contributed by atoms with E-state index in [1.54, 1.807) is 0 Å². The second kappa shape index (κ2) is 6.35. The Morgan fingerprint density at radius 2 is 1.95 bits per heavy atom. The van der Waals surface area contributed by atoms with Crippen molar-refractivity contribution in [3.8, 4) is 6.07 Å². The van der Waals surface area contributed by atoms with Gasteiger partial charge in [-0.15, -0.1) is 0 Å². The summed E-state index contributed by atoms with van der Waals surface area (Å²) >= 11 is 0. The van der Waals surface area contributed by atoms with E-state index in [9.17, 15) is 4.79 Å². The molecule has 1 N–H and O–H groups in total. The van der Waals surface area contributed by atoms with Crippen LogP contribution in [0.1, 0.15) is 24.0 Å². The van der Waals surface area contributed by atoms with E-state index in [4.69, 9.17) is 10.4 Å². The van der Waals surface area contributed by atoms with Gasteiger partial charge in [0.25, 0.3) is 0 Å². The van der Waals surface area contributed by atoms with Crippen LogP contribution in [0.3, 0.4) is 0 Å². The summed E-state index contributed by atoms with van der Waals surface area (Å²) in [6.07, 6.45) is 1.87. The molecule has 4 nitrogen and oxygen atoms in total. The number of benzene rings is 1. The average Bonchev–Trinajstić information content (AvgIpc) is 2.42. The summed E-state index contributed by atoms with van der Waals surface area (Å²) in [6.45, 7) is 2.44.